The third kappa shape index (κ3) is 2.90. The molecule has 0 aliphatic carbocycles. The zero-order valence-corrected chi connectivity index (χ0v) is 14.7. The Bertz CT molecular complexity index is 1030. The Morgan fingerprint density at radius 1 is 1.00 bits per heavy atom. The van der Waals surface area contributed by atoms with Crippen molar-refractivity contribution in [1.29, 1.82) is 0 Å². The average molecular weight is 350 g/mol. The lowest BCUT2D eigenvalue weighted by molar-refractivity contribution is 0.748. The number of nitrogens with zero attached hydrogens (tertiary/aromatic N) is 1. The number of aromatic amines is 1. The molecule has 0 aliphatic rings. The molecular formula is C21H20ClN3. The molecule has 0 unspecified atom stereocenters. The fraction of sp³-hybridized carbons (Fsp3) is 0.190. The molecule has 3 N–H and O–H groups in total. The molecule has 4 heteroatoms. The average Bonchev–Trinajstić information content (AvgIpc) is 3.01. The molecule has 4 rings (SSSR count). The number of unbranched alkanes of at least 4 members (excludes halogenated alkanes) is 1. The number of pyridine rings is 1. The summed E-state index contributed by atoms with van der Waals surface area (Å²) in [5.74, 6) is 0. The van der Waals surface area contributed by atoms with Crippen LogP contribution in [0.25, 0.3) is 33.1 Å². The highest BCUT2D eigenvalue weighted by Crippen LogP contribution is 2.36. The monoisotopic (exact) mass is 349 g/mol. The molecule has 0 atom stereocenters. The van der Waals surface area contributed by atoms with Gasteiger partial charge < -0.3 is 10.7 Å². The highest BCUT2D eigenvalue weighted by molar-refractivity contribution is 6.35. The second-order valence-corrected chi connectivity index (χ2v) is 6.67. The smallest absolute Gasteiger partial charge is 0.0795 e. The van der Waals surface area contributed by atoms with Crippen molar-refractivity contribution >= 4 is 33.4 Å². The van der Waals surface area contributed by atoms with Gasteiger partial charge in [0.15, 0.2) is 0 Å². The van der Waals surface area contributed by atoms with E-state index in [4.69, 9.17) is 17.3 Å². The normalized spacial score (nSPS) is 11.4. The van der Waals surface area contributed by atoms with Crippen LogP contribution in [0.3, 0.4) is 0 Å². The number of para-hydroxylation sites is 2. The standard InChI is InChI=1S/C21H20ClN3/c22-18-11-4-9-16-15(8-1-2-12-23)20(25-21(16)18)17-10-3-6-14-7-5-13-24-19(14)17/h3-7,9-11,13,25H,1-2,8,12,23H2. The van der Waals surface area contributed by atoms with Crippen LogP contribution in [-0.4, -0.2) is 16.5 Å². The van der Waals surface area contributed by atoms with Gasteiger partial charge in [0.25, 0.3) is 0 Å². The number of fused-ring (bicyclic) bond motifs is 2. The Morgan fingerprint density at radius 3 is 2.72 bits per heavy atom. The number of aryl methyl sites for hydroxylation is 1. The molecule has 0 bridgehead atoms. The van der Waals surface area contributed by atoms with Crippen molar-refractivity contribution in [3.05, 3.63) is 65.3 Å². The maximum absolute atomic E-state index is 6.44. The fourth-order valence-corrected chi connectivity index (χ4v) is 3.70. The van der Waals surface area contributed by atoms with E-state index < -0.39 is 0 Å². The number of hydrogen-bond acceptors (Lipinski definition) is 2. The Balaban J connectivity index is 1.96. The van der Waals surface area contributed by atoms with Gasteiger partial charge in [0.2, 0.25) is 0 Å². The number of aromatic nitrogens is 2. The zero-order valence-electron chi connectivity index (χ0n) is 13.9. The molecule has 0 saturated carbocycles. The van der Waals surface area contributed by atoms with Gasteiger partial charge in [0.1, 0.15) is 0 Å². The third-order valence-electron chi connectivity index (χ3n) is 4.67. The summed E-state index contributed by atoms with van der Waals surface area (Å²) in [5, 5.41) is 3.07. The summed E-state index contributed by atoms with van der Waals surface area (Å²) in [6.45, 7) is 0.717. The maximum atomic E-state index is 6.44. The molecule has 0 saturated heterocycles. The lowest BCUT2D eigenvalue weighted by Crippen LogP contribution is -1.99. The number of hydrogen-bond donors (Lipinski definition) is 2. The minimum Gasteiger partial charge on any atom is -0.353 e. The minimum absolute atomic E-state index is 0.717. The van der Waals surface area contributed by atoms with E-state index in [0.717, 1.165) is 52.0 Å². The van der Waals surface area contributed by atoms with E-state index in [0.29, 0.717) is 6.54 Å². The molecule has 2 aromatic carbocycles. The molecule has 0 spiro atoms. The van der Waals surface area contributed by atoms with Gasteiger partial charge in [-0.3, -0.25) is 4.98 Å². The van der Waals surface area contributed by atoms with Crippen LogP contribution in [0.2, 0.25) is 5.02 Å². The SMILES string of the molecule is NCCCCc1c(-c2cccc3cccnc23)[nH]c2c(Cl)cccc12. The van der Waals surface area contributed by atoms with Crippen LogP contribution in [-0.2, 0) is 6.42 Å². The van der Waals surface area contributed by atoms with Crippen molar-refractivity contribution in [3.63, 3.8) is 0 Å². The third-order valence-corrected chi connectivity index (χ3v) is 4.99. The highest BCUT2D eigenvalue weighted by atomic mass is 35.5. The van der Waals surface area contributed by atoms with Crippen molar-refractivity contribution in [3.8, 4) is 11.3 Å². The highest BCUT2D eigenvalue weighted by Gasteiger charge is 2.16. The summed E-state index contributed by atoms with van der Waals surface area (Å²) in [5.41, 5.74) is 11.2. The summed E-state index contributed by atoms with van der Waals surface area (Å²) >= 11 is 6.44. The van der Waals surface area contributed by atoms with Gasteiger partial charge >= 0.3 is 0 Å². The van der Waals surface area contributed by atoms with Crippen LogP contribution < -0.4 is 5.73 Å². The summed E-state index contributed by atoms with van der Waals surface area (Å²) < 4.78 is 0. The first kappa shape index (κ1) is 16.1. The predicted octanol–water partition coefficient (Wildman–Crippen LogP) is 5.32. The van der Waals surface area contributed by atoms with Crippen LogP contribution in [0, 0.1) is 0 Å². The lowest BCUT2D eigenvalue weighted by Gasteiger charge is -2.08. The molecule has 0 aliphatic heterocycles. The van der Waals surface area contributed by atoms with Crippen LogP contribution in [0.5, 0.6) is 0 Å². The van der Waals surface area contributed by atoms with Gasteiger partial charge in [0.05, 0.1) is 21.7 Å². The van der Waals surface area contributed by atoms with Crippen molar-refractivity contribution in [2.75, 3.05) is 6.54 Å². The predicted molar refractivity (Wildman–Crippen MR) is 106 cm³/mol. The lowest BCUT2D eigenvalue weighted by atomic mass is 9.98. The second-order valence-electron chi connectivity index (χ2n) is 6.27. The Hall–Kier alpha value is -2.36. The van der Waals surface area contributed by atoms with Gasteiger partial charge in [-0.2, -0.15) is 0 Å². The molecule has 2 heterocycles. The van der Waals surface area contributed by atoms with Crippen LogP contribution >= 0.6 is 11.6 Å². The molecule has 0 amide bonds. The summed E-state index contributed by atoms with van der Waals surface area (Å²) in [6, 6.07) is 16.4. The molecule has 25 heavy (non-hydrogen) atoms. The van der Waals surface area contributed by atoms with E-state index in [9.17, 15) is 0 Å². The van der Waals surface area contributed by atoms with E-state index in [2.05, 4.69) is 40.3 Å². The summed E-state index contributed by atoms with van der Waals surface area (Å²) in [6.07, 6.45) is 4.88. The number of rotatable bonds is 5. The molecule has 0 radical (unpaired) electrons. The topological polar surface area (TPSA) is 54.7 Å². The van der Waals surface area contributed by atoms with Crippen molar-refractivity contribution in [2.45, 2.75) is 19.3 Å². The van der Waals surface area contributed by atoms with E-state index in [1.54, 1.807) is 0 Å². The quantitative estimate of drug-likeness (QED) is 0.479. The van der Waals surface area contributed by atoms with E-state index in [1.165, 1.54) is 10.9 Å². The fourth-order valence-electron chi connectivity index (χ4n) is 3.48. The Labute approximate surface area is 151 Å². The van der Waals surface area contributed by atoms with Gasteiger partial charge in [-0.1, -0.05) is 48.0 Å². The Kier molecular flexibility index (Phi) is 4.43. The van der Waals surface area contributed by atoms with Crippen molar-refractivity contribution in [2.24, 2.45) is 5.73 Å². The van der Waals surface area contributed by atoms with E-state index in [1.807, 2.05) is 24.4 Å². The number of halogens is 1. The van der Waals surface area contributed by atoms with Crippen LogP contribution in [0.15, 0.2) is 54.7 Å². The van der Waals surface area contributed by atoms with Crippen LogP contribution in [0.4, 0.5) is 0 Å². The van der Waals surface area contributed by atoms with E-state index in [-0.39, 0.29) is 0 Å². The molecule has 4 aromatic rings. The molecular weight excluding hydrogens is 330 g/mol. The number of nitrogens with one attached hydrogen (secondary N) is 1. The Morgan fingerprint density at radius 2 is 1.84 bits per heavy atom. The van der Waals surface area contributed by atoms with Gasteiger partial charge in [-0.15, -0.1) is 0 Å². The minimum atomic E-state index is 0.717. The first-order chi connectivity index (χ1) is 12.3. The largest absolute Gasteiger partial charge is 0.353 e. The van der Waals surface area contributed by atoms with Gasteiger partial charge in [-0.05, 0) is 43.5 Å². The number of benzene rings is 2. The number of H-pyrrole nitrogens is 1. The van der Waals surface area contributed by atoms with Gasteiger partial charge in [-0.25, -0.2) is 0 Å². The maximum Gasteiger partial charge on any atom is 0.0795 e. The first-order valence-electron chi connectivity index (χ1n) is 8.63. The van der Waals surface area contributed by atoms with Crippen LogP contribution in [0.1, 0.15) is 18.4 Å². The molecule has 3 nitrogen and oxygen atoms in total. The van der Waals surface area contributed by atoms with Crippen molar-refractivity contribution < 1.29 is 0 Å². The molecule has 0 fully saturated rings. The summed E-state index contributed by atoms with van der Waals surface area (Å²) in [4.78, 5) is 8.18. The zero-order chi connectivity index (χ0) is 17.2. The first-order valence-corrected chi connectivity index (χ1v) is 9.00. The second kappa shape index (κ2) is 6.87. The summed E-state index contributed by atoms with van der Waals surface area (Å²) in [7, 11) is 0. The molecule has 126 valence electrons. The number of nitrogens with two attached hydrogens (primary N) is 1. The molecule has 2 aromatic heterocycles. The van der Waals surface area contributed by atoms with Crippen molar-refractivity contribution in [1.82, 2.24) is 9.97 Å². The van der Waals surface area contributed by atoms with Gasteiger partial charge in [0, 0.05) is 22.5 Å². The van der Waals surface area contributed by atoms with E-state index >= 15 is 0 Å².